The van der Waals surface area contributed by atoms with E-state index in [2.05, 4.69) is 30.5 Å². The van der Waals surface area contributed by atoms with Crippen molar-refractivity contribution in [3.8, 4) is 0 Å². The molecule has 0 aromatic rings. The zero-order valence-electron chi connectivity index (χ0n) is 9.30. The maximum atomic E-state index is 5.75. The Labute approximate surface area is 92.5 Å². The molecule has 3 heteroatoms. The van der Waals surface area contributed by atoms with Crippen molar-refractivity contribution < 1.29 is 0 Å². The van der Waals surface area contributed by atoms with Gasteiger partial charge in [0.15, 0.2) is 0 Å². The molecule has 0 spiro atoms. The van der Waals surface area contributed by atoms with E-state index in [1.165, 1.54) is 19.4 Å². The summed E-state index contributed by atoms with van der Waals surface area (Å²) in [6.07, 6.45) is 2.63. The number of halogens is 1. The summed E-state index contributed by atoms with van der Waals surface area (Å²) in [6.45, 7) is 7.29. The molecule has 1 saturated heterocycles. The highest BCUT2D eigenvalue weighted by molar-refractivity contribution is 6.19. The fraction of sp³-hybridized carbons (Fsp3) is 0.818. The molecule has 0 aliphatic carbocycles. The summed E-state index contributed by atoms with van der Waals surface area (Å²) in [7, 11) is 4.26. The van der Waals surface area contributed by atoms with E-state index >= 15 is 0 Å². The van der Waals surface area contributed by atoms with Gasteiger partial charge in [0.2, 0.25) is 0 Å². The van der Waals surface area contributed by atoms with E-state index in [0.717, 1.165) is 18.7 Å². The molecule has 0 aromatic carbocycles. The maximum absolute atomic E-state index is 5.75. The Balaban J connectivity index is 2.38. The number of likely N-dealkylation sites (tertiary alicyclic amines) is 1. The van der Waals surface area contributed by atoms with Gasteiger partial charge in [0.1, 0.15) is 0 Å². The van der Waals surface area contributed by atoms with E-state index in [4.69, 9.17) is 11.6 Å². The van der Waals surface area contributed by atoms with Crippen molar-refractivity contribution in [2.45, 2.75) is 18.9 Å². The van der Waals surface area contributed by atoms with Gasteiger partial charge in [-0.25, -0.2) is 0 Å². The van der Waals surface area contributed by atoms with E-state index in [9.17, 15) is 0 Å². The Kier molecular flexibility index (Phi) is 4.93. The summed E-state index contributed by atoms with van der Waals surface area (Å²) in [5.74, 6) is 0.588. The first kappa shape index (κ1) is 12.0. The maximum Gasteiger partial charge on any atom is 0.0443 e. The van der Waals surface area contributed by atoms with Crippen LogP contribution in [0.5, 0.6) is 0 Å². The van der Waals surface area contributed by atoms with E-state index < -0.39 is 0 Å². The molecule has 14 heavy (non-hydrogen) atoms. The first-order valence-electron chi connectivity index (χ1n) is 5.25. The zero-order chi connectivity index (χ0) is 10.6. The minimum Gasteiger partial charge on any atom is -0.308 e. The van der Waals surface area contributed by atoms with Crippen molar-refractivity contribution in [2.24, 2.45) is 0 Å². The van der Waals surface area contributed by atoms with Crippen LogP contribution in [0.25, 0.3) is 0 Å². The van der Waals surface area contributed by atoms with Crippen LogP contribution in [0.15, 0.2) is 12.2 Å². The molecular weight excluding hydrogens is 196 g/mol. The summed E-state index contributed by atoms with van der Waals surface area (Å²) in [5.41, 5.74) is 1.14. The zero-order valence-corrected chi connectivity index (χ0v) is 10.1. The minimum absolute atomic E-state index is 0.588. The van der Waals surface area contributed by atoms with Crippen molar-refractivity contribution in [1.29, 1.82) is 0 Å². The number of rotatable bonds is 5. The van der Waals surface area contributed by atoms with Crippen LogP contribution in [0.1, 0.15) is 12.8 Å². The van der Waals surface area contributed by atoms with Gasteiger partial charge in [-0.15, -0.1) is 11.6 Å². The van der Waals surface area contributed by atoms with Gasteiger partial charge in [0.05, 0.1) is 0 Å². The smallest absolute Gasteiger partial charge is 0.0443 e. The second-order valence-electron chi connectivity index (χ2n) is 4.41. The van der Waals surface area contributed by atoms with Crippen molar-refractivity contribution in [3.05, 3.63) is 12.2 Å². The van der Waals surface area contributed by atoms with Crippen LogP contribution in [0.2, 0.25) is 0 Å². The molecule has 1 atom stereocenters. The molecule has 1 aliphatic heterocycles. The highest BCUT2D eigenvalue weighted by Gasteiger charge is 2.24. The standard InChI is InChI=1S/C11H21ClN2/c1-10(7-12)8-14-6-4-5-11(14)9-13(2)3/h11H,1,4-9H2,2-3H3. The summed E-state index contributed by atoms with van der Waals surface area (Å²) in [6, 6.07) is 0.699. The lowest BCUT2D eigenvalue weighted by Gasteiger charge is -2.27. The molecular formula is C11H21ClN2. The molecule has 0 aromatic heterocycles. The van der Waals surface area contributed by atoms with E-state index in [1.54, 1.807) is 0 Å². The SMILES string of the molecule is C=C(CCl)CN1CCCC1CN(C)C. The van der Waals surface area contributed by atoms with Crippen LogP contribution in [-0.2, 0) is 0 Å². The third-order valence-corrected chi connectivity index (χ3v) is 3.07. The predicted octanol–water partition coefficient (Wildman–Crippen LogP) is 1.81. The van der Waals surface area contributed by atoms with Crippen LogP contribution in [0.3, 0.4) is 0 Å². The Bertz CT molecular complexity index is 192. The molecule has 0 radical (unpaired) electrons. The van der Waals surface area contributed by atoms with Gasteiger partial charge in [0, 0.05) is 25.0 Å². The lowest BCUT2D eigenvalue weighted by atomic mass is 10.2. The first-order chi connectivity index (χ1) is 6.63. The van der Waals surface area contributed by atoms with Crippen molar-refractivity contribution in [3.63, 3.8) is 0 Å². The average Bonchev–Trinajstić information content (AvgIpc) is 2.52. The van der Waals surface area contributed by atoms with Gasteiger partial charge in [0.25, 0.3) is 0 Å². The van der Waals surface area contributed by atoms with Gasteiger partial charge in [-0.2, -0.15) is 0 Å². The normalized spacial score (nSPS) is 23.3. The molecule has 2 nitrogen and oxygen atoms in total. The topological polar surface area (TPSA) is 6.48 Å². The lowest BCUT2D eigenvalue weighted by Crippen LogP contribution is -2.38. The number of likely N-dealkylation sites (N-methyl/N-ethyl adjacent to an activating group) is 1. The van der Waals surface area contributed by atoms with E-state index in [-0.39, 0.29) is 0 Å². The Morgan fingerprint density at radius 1 is 1.57 bits per heavy atom. The highest BCUT2D eigenvalue weighted by atomic mass is 35.5. The van der Waals surface area contributed by atoms with Crippen LogP contribution in [-0.4, -0.2) is 55.5 Å². The summed E-state index contributed by atoms with van der Waals surface area (Å²) in [4.78, 5) is 4.76. The van der Waals surface area contributed by atoms with Crippen molar-refractivity contribution in [2.75, 3.05) is 39.6 Å². The molecule has 1 fully saturated rings. The van der Waals surface area contributed by atoms with Crippen LogP contribution in [0.4, 0.5) is 0 Å². The van der Waals surface area contributed by atoms with Gasteiger partial charge in [-0.1, -0.05) is 6.58 Å². The van der Waals surface area contributed by atoms with Crippen molar-refractivity contribution in [1.82, 2.24) is 9.80 Å². The largest absolute Gasteiger partial charge is 0.308 e. The molecule has 0 saturated carbocycles. The van der Waals surface area contributed by atoms with Gasteiger partial charge < -0.3 is 4.90 Å². The number of hydrogen-bond donors (Lipinski definition) is 0. The fourth-order valence-corrected chi connectivity index (χ4v) is 2.15. The Morgan fingerprint density at radius 3 is 2.86 bits per heavy atom. The number of alkyl halides is 1. The third kappa shape index (κ3) is 3.60. The van der Waals surface area contributed by atoms with E-state index in [1.807, 2.05) is 0 Å². The second kappa shape index (κ2) is 5.74. The van der Waals surface area contributed by atoms with Gasteiger partial charge in [-0.05, 0) is 39.1 Å². The predicted molar refractivity (Wildman–Crippen MR) is 63.0 cm³/mol. The summed E-state index contributed by atoms with van der Waals surface area (Å²) >= 11 is 5.75. The second-order valence-corrected chi connectivity index (χ2v) is 4.68. The Hall–Kier alpha value is -0.0500. The average molecular weight is 217 g/mol. The minimum atomic E-state index is 0.588. The first-order valence-corrected chi connectivity index (χ1v) is 5.78. The molecule has 0 N–H and O–H groups in total. The van der Waals surface area contributed by atoms with Gasteiger partial charge >= 0.3 is 0 Å². The van der Waals surface area contributed by atoms with Crippen LogP contribution < -0.4 is 0 Å². The molecule has 0 amide bonds. The number of nitrogens with zero attached hydrogens (tertiary/aromatic N) is 2. The molecule has 0 bridgehead atoms. The fourth-order valence-electron chi connectivity index (χ4n) is 2.06. The third-order valence-electron chi connectivity index (χ3n) is 2.69. The number of hydrogen-bond acceptors (Lipinski definition) is 2. The lowest BCUT2D eigenvalue weighted by molar-refractivity contribution is 0.222. The quantitative estimate of drug-likeness (QED) is 0.511. The molecule has 1 aliphatic rings. The van der Waals surface area contributed by atoms with Crippen LogP contribution >= 0.6 is 11.6 Å². The van der Waals surface area contributed by atoms with Crippen LogP contribution in [0, 0.1) is 0 Å². The summed E-state index contributed by atoms with van der Waals surface area (Å²) < 4.78 is 0. The highest BCUT2D eigenvalue weighted by Crippen LogP contribution is 2.18. The Morgan fingerprint density at radius 2 is 2.29 bits per heavy atom. The monoisotopic (exact) mass is 216 g/mol. The van der Waals surface area contributed by atoms with Crippen molar-refractivity contribution >= 4 is 11.6 Å². The molecule has 1 heterocycles. The molecule has 82 valence electrons. The summed E-state index contributed by atoms with van der Waals surface area (Å²) in [5, 5.41) is 0. The van der Waals surface area contributed by atoms with E-state index in [0.29, 0.717) is 11.9 Å². The van der Waals surface area contributed by atoms with Gasteiger partial charge in [-0.3, -0.25) is 4.90 Å². The molecule has 1 unspecified atom stereocenters. The molecule has 1 rings (SSSR count).